The molecule has 2 aliphatic carbocycles. The van der Waals surface area contributed by atoms with E-state index in [0.29, 0.717) is 5.92 Å². The maximum absolute atomic E-state index is 2.69. The van der Waals surface area contributed by atoms with E-state index in [-0.39, 0.29) is 37.2 Å². The van der Waals surface area contributed by atoms with Crippen molar-refractivity contribution in [2.45, 2.75) is 70.9 Å². The largest absolute Gasteiger partial charge is 1.00 e. The van der Waals surface area contributed by atoms with Crippen LogP contribution in [0.25, 0.3) is 0 Å². The Morgan fingerprint density at radius 1 is 1.04 bits per heavy atom. The standard InChI is InChI=1S/C22H31Si.3ClH.Ti/c1-4-18(2)21-16-11-17-22(21)23(3,19-12-7-5-8-13-19)20-14-9-6-10-15-20;;;;/h5,7-8,12-13,16,18,20H,4,6,9-11,14-15H2,1-3H3;3*1H;/q;;;;+3/p-3. The van der Waals surface area contributed by atoms with Gasteiger partial charge in [-0.1, -0.05) is 0 Å². The fourth-order valence-electron chi connectivity index (χ4n) is 4.92. The average Bonchev–Trinajstić information content (AvgIpc) is 3.04. The van der Waals surface area contributed by atoms with Gasteiger partial charge in [0.15, 0.2) is 0 Å². The van der Waals surface area contributed by atoms with Gasteiger partial charge in [0.05, 0.1) is 0 Å². The number of hydrogen-bond acceptors (Lipinski definition) is 0. The van der Waals surface area contributed by atoms with Gasteiger partial charge in [-0.15, -0.1) is 0 Å². The molecule has 3 rings (SSSR count). The minimum atomic E-state index is -1.69. The predicted molar refractivity (Wildman–Crippen MR) is 104 cm³/mol. The van der Waals surface area contributed by atoms with Crippen molar-refractivity contribution in [2.24, 2.45) is 5.92 Å². The van der Waals surface area contributed by atoms with Crippen molar-refractivity contribution in [1.82, 2.24) is 0 Å². The molecule has 148 valence electrons. The number of hydrogen-bond donors (Lipinski definition) is 0. The maximum Gasteiger partial charge on any atom is -1.00 e. The molecule has 0 aromatic heterocycles. The van der Waals surface area contributed by atoms with Crippen LogP contribution >= 0.6 is 0 Å². The van der Waals surface area contributed by atoms with E-state index >= 15 is 0 Å². The number of benzene rings is 1. The normalized spacial score (nSPS) is 20.6. The first-order valence-corrected chi connectivity index (χ1v) is 13.2. The molecule has 1 aromatic carbocycles. The Balaban J connectivity index is 0.00000225. The zero-order chi connectivity index (χ0) is 17.2. The predicted octanol–water partition coefficient (Wildman–Crippen LogP) is -2.97. The SMILES string of the molecule is CCC(C)C1=CC[C]([Ti+3])=C1[Si](C)(c1ccccc1)C1CCCCC1.[Cl-].[Cl-].[Cl-]. The summed E-state index contributed by atoms with van der Waals surface area (Å²) in [7, 11) is -1.69. The third kappa shape index (κ3) is 5.56. The van der Waals surface area contributed by atoms with Gasteiger partial charge >= 0.3 is 162 Å². The van der Waals surface area contributed by atoms with Crippen LogP contribution in [0.4, 0.5) is 0 Å². The van der Waals surface area contributed by atoms with Crippen molar-refractivity contribution >= 4 is 13.3 Å². The minimum Gasteiger partial charge on any atom is -1.00 e. The quantitative estimate of drug-likeness (QED) is 0.398. The molecule has 0 spiro atoms. The van der Waals surface area contributed by atoms with Gasteiger partial charge < -0.3 is 37.2 Å². The Kier molecular flexibility index (Phi) is 12.5. The molecular weight excluding hydrogens is 447 g/mol. The topological polar surface area (TPSA) is 0 Å². The van der Waals surface area contributed by atoms with E-state index in [1.165, 1.54) is 44.9 Å². The van der Waals surface area contributed by atoms with Crippen molar-refractivity contribution in [1.29, 1.82) is 0 Å². The second kappa shape index (κ2) is 12.3. The molecule has 5 heteroatoms. The Morgan fingerprint density at radius 3 is 2.19 bits per heavy atom. The van der Waals surface area contributed by atoms with Crippen LogP contribution < -0.4 is 42.4 Å². The molecule has 0 bridgehead atoms. The second-order valence-electron chi connectivity index (χ2n) is 7.93. The van der Waals surface area contributed by atoms with Crippen LogP contribution in [0.2, 0.25) is 12.1 Å². The van der Waals surface area contributed by atoms with Gasteiger partial charge in [-0.05, 0) is 0 Å². The molecule has 0 aliphatic heterocycles. The number of halogens is 3. The molecule has 1 fully saturated rings. The van der Waals surface area contributed by atoms with Crippen LogP contribution in [-0.4, -0.2) is 8.07 Å². The van der Waals surface area contributed by atoms with Crippen molar-refractivity contribution in [3.63, 3.8) is 0 Å². The minimum absolute atomic E-state index is 0. The fraction of sp³-hybridized carbons (Fsp3) is 0.545. The molecule has 1 saturated carbocycles. The summed E-state index contributed by atoms with van der Waals surface area (Å²) in [4.78, 5) is 0. The molecule has 2 atom stereocenters. The summed E-state index contributed by atoms with van der Waals surface area (Å²) in [5, 5.41) is 3.50. The number of allylic oxidation sites excluding steroid dienone is 4. The molecule has 0 amide bonds. The summed E-state index contributed by atoms with van der Waals surface area (Å²) in [6, 6.07) is 11.6. The third-order valence-electron chi connectivity index (χ3n) is 6.57. The first-order valence-electron chi connectivity index (χ1n) is 9.80. The van der Waals surface area contributed by atoms with Crippen LogP contribution in [0.3, 0.4) is 0 Å². The van der Waals surface area contributed by atoms with E-state index in [2.05, 4.69) is 77.2 Å². The van der Waals surface area contributed by atoms with Crippen molar-refractivity contribution in [2.75, 3.05) is 0 Å². The monoisotopic (exact) mass is 476 g/mol. The van der Waals surface area contributed by atoms with E-state index < -0.39 is 8.07 Å². The molecule has 1 aromatic rings. The van der Waals surface area contributed by atoms with Crippen LogP contribution in [0.5, 0.6) is 0 Å². The van der Waals surface area contributed by atoms with Crippen LogP contribution in [0.1, 0.15) is 58.8 Å². The third-order valence-corrected chi connectivity index (χ3v) is 13.0. The first kappa shape index (κ1) is 27.5. The van der Waals surface area contributed by atoms with Crippen LogP contribution in [0, 0.1) is 5.92 Å². The van der Waals surface area contributed by atoms with E-state index in [4.69, 9.17) is 0 Å². The Labute approximate surface area is 197 Å². The Hall–Kier alpha value is 0.501. The molecule has 0 saturated heterocycles. The van der Waals surface area contributed by atoms with Crippen LogP contribution in [-0.2, 0) is 20.4 Å². The second-order valence-corrected chi connectivity index (χ2v) is 13.2. The van der Waals surface area contributed by atoms with Gasteiger partial charge in [0.2, 0.25) is 0 Å². The molecule has 0 heterocycles. The summed E-state index contributed by atoms with van der Waals surface area (Å²) in [5.74, 6) is 0.705. The zero-order valence-electron chi connectivity index (χ0n) is 16.7. The van der Waals surface area contributed by atoms with E-state index in [0.717, 1.165) is 5.54 Å². The zero-order valence-corrected chi connectivity index (χ0v) is 21.5. The van der Waals surface area contributed by atoms with Crippen molar-refractivity contribution in [3.8, 4) is 0 Å². The fourth-order valence-corrected chi connectivity index (χ4v) is 11.8. The van der Waals surface area contributed by atoms with Gasteiger partial charge in [0, 0.05) is 0 Å². The Morgan fingerprint density at radius 2 is 1.63 bits per heavy atom. The molecule has 2 aliphatic rings. The molecule has 0 N–H and O–H groups in total. The number of rotatable bonds is 5. The smallest absolute Gasteiger partial charge is 1.00 e. The van der Waals surface area contributed by atoms with Gasteiger partial charge in [-0.25, -0.2) is 0 Å². The van der Waals surface area contributed by atoms with E-state index in [9.17, 15) is 0 Å². The van der Waals surface area contributed by atoms with Gasteiger partial charge in [-0.3, -0.25) is 0 Å². The Bertz CT molecular complexity index is 638. The van der Waals surface area contributed by atoms with Crippen molar-refractivity contribution < 1.29 is 57.7 Å². The molecule has 2 unspecified atom stereocenters. The molecule has 27 heavy (non-hydrogen) atoms. The van der Waals surface area contributed by atoms with E-state index in [1.807, 2.05) is 5.20 Å². The van der Waals surface area contributed by atoms with Crippen molar-refractivity contribution in [3.05, 3.63) is 51.1 Å². The molecule has 0 nitrogen and oxygen atoms in total. The first-order chi connectivity index (χ1) is 11.6. The van der Waals surface area contributed by atoms with Gasteiger partial charge in [-0.2, -0.15) is 0 Å². The maximum atomic E-state index is 2.69. The molecule has 0 radical (unpaired) electrons. The summed E-state index contributed by atoms with van der Waals surface area (Å²) in [6.07, 6.45) is 12.2. The summed E-state index contributed by atoms with van der Waals surface area (Å²) < 4.78 is 1.67. The summed E-state index contributed by atoms with van der Waals surface area (Å²) in [6.45, 7) is 7.47. The summed E-state index contributed by atoms with van der Waals surface area (Å²) >= 11 is 2.41. The van der Waals surface area contributed by atoms with Gasteiger partial charge in [0.25, 0.3) is 0 Å². The van der Waals surface area contributed by atoms with Gasteiger partial charge in [0.1, 0.15) is 0 Å². The molecular formula is C22H31Cl3SiTi. The summed E-state index contributed by atoms with van der Waals surface area (Å²) in [5.41, 5.74) is 2.63. The average molecular weight is 478 g/mol. The van der Waals surface area contributed by atoms with E-state index in [1.54, 1.807) is 14.6 Å². The van der Waals surface area contributed by atoms with Crippen LogP contribution in [0.15, 0.2) is 51.1 Å².